The number of hydrogen-bond donors (Lipinski definition) is 1. The molecule has 0 radical (unpaired) electrons. The van der Waals surface area contributed by atoms with Crippen molar-refractivity contribution in [2.75, 3.05) is 0 Å². The van der Waals surface area contributed by atoms with Crippen molar-refractivity contribution >= 4 is 5.97 Å². The van der Waals surface area contributed by atoms with Crippen LogP contribution in [0.1, 0.15) is 58.3 Å². The molecule has 0 saturated carbocycles. The first kappa shape index (κ1) is 20.1. The van der Waals surface area contributed by atoms with E-state index in [4.69, 9.17) is 4.74 Å². The van der Waals surface area contributed by atoms with Gasteiger partial charge in [-0.15, -0.1) is 6.58 Å². The molecule has 1 N–H and O–H groups in total. The van der Waals surface area contributed by atoms with Crippen LogP contribution < -0.4 is 0 Å². The van der Waals surface area contributed by atoms with Crippen LogP contribution in [0, 0.1) is 29.6 Å². The van der Waals surface area contributed by atoms with Crippen LogP contribution in [0.4, 0.5) is 0 Å². The van der Waals surface area contributed by atoms with Crippen LogP contribution in [0.2, 0.25) is 0 Å². The number of aliphatic hydroxyl groups is 1. The van der Waals surface area contributed by atoms with Gasteiger partial charge in [0.25, 0.3) is 0 Å². The van der Waals surface area contributed by atoms with Crippen molar-refractivity contribution < 1.29 is 14.6 Å². The largest absolute Gasteiger partial charge is 0.460 e. The number of cyclic esters (lactones) is 1. The topological polar surface area (TPSA) is 46.5 Å². The lowest BCUT2D eigenvalue weighted by molar-refractivity contribution is -0.143. The van der Waals surface area contributed by atoms with Gasteiger partial charge in [0.1, 0.15) is 12.2 Å². The van der Waals surface area contributed by atoms with Crippen LogP contribution in [-0.4, -0.2) is 23.3 Å². The molecule has 0 aliphatic carbocycles. The minimum absolute atomic E-state index is 0.252. The minimum atomic E-state index is -0.646. The summed E-state index contributed by atoms with van der Waals surface area (Å²) in [5.41, 5.74) is 0. The molecule has 3 atom stereocenters. The Morgan fingerprint density at radius 3 is 2.71 bits per heavy atom. The molecule has 3 heteroatoms. The van der Waals surface area contributed by atoms with Gasteiger partial charge >= 0.3 is 5.97 Å². The van der Waals surface area contributed by atoms with Crippen LogP contribution in [0.3, 0.4) is 0 Å². The Morgan fingerprint density at radius 2 is 2.00 bits per heavy atom. The summed E-state index contributed by atoms with van der Waals surface area (Å²) in [5, 5.41) is 9.85. The average molecular weight is 328 g/mol. The highest BCUT2D eigenvalue weighted by Crippen LogP contribution is 2.26. The maximum Gasteiger partial charge on any atom is 0.312 e. The SMILES string of the molecule is C=CCCC=CC#CC#CCCCCCC[C@H]1C(=O)O[C@@H](C)[C@@H]1O. The van der Waals surface area contributed by atoms with Gasteiger partial charge in [0.15, 0.2) is 0 Å². The molecule has 0 aromatic carbocycles. The number of carbonyl (C=O) groups excluding carboxylic acids is 1. The first-order valence-electron chi connectivity index (χ1n) is 8.79. The summed E-state index contributed by atoms with van der Waals surface area (Å²) in [5.74, 6) is 11.0. The normalized spacial score (nSPS) is 22.4. The second kappa shape index (κ2) is 12.5. The second-order valence-corrected chi connectivity index (χ2v) is 6.03. The monoisotopic (exact) mass is 328 g/mol. The predicted octanol–water partition coefficient (Wildman–Crippen LogP) is 3.78. The fraction of sp³-hybridized carbons (Fsp3) is 0.571. The molecule has 1 saturated heterocycles. The van der Waals surface area contributed by atoms with Crippen LogP contribution in [0.15, 0.2) is 24.8 Å². The number of ether oxygens (including phenoxy) is 1. The highest BCUT2D eigenvalue weighted by Gasteiger charge is 2.40. The zero-order valence-corrected chi connectivity index (χ0v) is 14.6. The molecule has 1 aliphatic heterocycles. The molecule has 0 bridgehead atoms. The van der Waals surface area contributed by atoms with Gasteiger partial charge in [0, 0.05) is 6.42 Å². The van der Waals surface area contributed by atoms with Gasteiger partial charge in [-0.3, -0.25) is 4.79 Å². The van der Waals surface area contributed by atoms with Crippen molar-refractivity contribution in [1.29, 1.82) is 0 Å². The Labute approximate surface area is 146 Å². The van der Waals surface area contributed by atoms with Crippen LogP contribution in [0.25, 0.3) is 0 Å². The number of rotatable bonds is 9. The Bertz CT molecular complexity index is 539. The standard InChI is InChI=1S/C21H28O3/c1-3-4-5-6-7-8-9-10-11-12-13-14-15-16-17-19-20(22)18(2)24-21(19)23/h3,6-7,18-20,22H,1,4-5,12-17H2,2H3/t18-,19+,20-/m0/s1. The molecular weight excluding hydrogens is 300 g/mol. The molecule has 1 aliphatic rings. The molecule has 1 heterocycles. The fourth-order valence-electron chi connectivity index (χ4n) is 2.57. The average Bonchev–Trinajstić information content (AvgIpc) is 2.81. The van der Waals surface area contributed by atoms with E-state index in [1.54, 1.807) is 6.92 Å². The van der Waals surface area contributed by atoms with Crippen molar-refractivity contribution in [2.45, 2.75) is 70.5 Å². The van der Waals surface area contributed by atoms with Crippen LogP contribution >= 0.6 is 0 Å². The van der Waals surface area contributed by atoms with Crippen molar-refractivity contribution in [3.63, 3.8) is 0 Å². The predicted molar refractivity (Wildman–Crippen MR) is 96.9 cm³/mol. The summed E-state index contributed by atoms with van der Waals surface area (Å²) in [6.45, 7) is 5.40. The van der Waals surface area contributed by atoms with Crippen molar-refractivity contribution in [3.05, 3.63) is 24.8 Å². The van der Waals surface area contributed by atoms with E-state index in [1.807, 2.05) is 18.2 Å². The number of esters is 1. The summed E-state index contributed by atoms with van der Waals surface area (Å²) in [6.07, 6.45) is 12.3. The first-order valence-corrected chi connectivity index (χ1v) is 8.79. The smallest absolute Gasteiger partial charge is 0.312 e. The number of allylic oxidation sites excluding steroid dienone is 3. The lowest BCUT2D eigenvalue weighted by atomic mass is 9.95. The lowest BCUT2D eigenvalue weighted by Gasteiger charge is -2.11. The Kier molecular flexibility index (Phi) is 10.4. The number of hydrogen-bond acceptors (Lipinski definition) is 3. The highest BCUT2D eigenvalue weighted by molar-refractivity contribution is 5.75. The number of aliphatic hydroxyl groups excluding tert-OH is 1. The molecule has 0 amide bonds. The first-order chi connectivity index (χ1) is 11.7. The molecule has 3 nitrogen and oxygen atoms in total. The van der Waals surface area contributed by atoms with E-state index < -0.39 is 6.10 Å². The van der Waals surface area contributed by atoms with Crippen LogP contribution in [-0.2, 0) is 9.53 Å². The summed E-state index contributed by atoms with van der Waals surface area (Å²) < 4.78 is 5.03. The Morgan fingerprint density at radius 1 is 1.21 bits per heavy atom. The molecule has 0 aromatic rings. The zero-order valence-electron chi connectivity index (χ0n) is 14.6. The van der Waals surface area contributed by atoms with Crippen LogP contribution in [0.5, 0.6) is 0 Å². The maximum atomic E-state index is 11.5. The van der Waals surface area contributed by atoms with Gasteiger partial charge in [-0.25, -0.2) is 0 Å². The zero-order chi connectivity index (χ0) is 17.6. The van der Waals surface area contributed by atoms with Gasteiger partial charge in [0.2, 0.25) is 0 Å². The molecule has 130 valence electrons. The second-order valence-electron chi connectivity index (χ2n) is 6.03. The fourth-order valence-corrected chi connectivity index (χ4v) is 2.57. The van der Waals surface area contributed by atoms with Crippen molar-refractivity contribution in [3.8, 4) is 23.7 Å². The number of unbranched alkanes of at least 4 members (excludes halogenated alkanes) is 5. The molecule has 0 unspecified atom stereocenters. The van der Waals surface area contributed by atoms with Gasteiger partial charge in [-0.1, -0.05) is 43.3 Å². The summed E-state index contributed by atoms with van der Waals surface area (Å²) in [4.78, 5) is 11.5. The van der Waals surface area contributed by atoms with E-state index in [2.05, 4.69) is 30.3 Å². The molecule has 1 fully saturated rings. The van der Waals surface area contributed by atoms with Crippen molar-refractivity contribution in [1.82, 2.24) is 0 Å². The Balaban J connectivity index is 2.02. The molecule has 0 spiro atoms. The van der Waals surface area contributed by atoms with Gasteiger partial charge in [0.05, 0.1) is 5.92 Å². The third-order valence-corrected chi connectivity index (χ3v) is 4.03. The van der Waals surface area contributed by atoms with Crippen molar-refractivity contribution in [2.24, 2.45) is 5.92 Å². The van der Waals surface area contributed by atoms with Gasteiger partial charge in [-0.2, -0.15) is 0 Å². The van der Waals surface area contributed by atoms with E-state index in [0.717, 1.165) is 44.9 Å². The quantitative estimate of drug-likeness (QED) is 0.303. The van der Waals surface area contributed by atoms with E-state index >= 15 is 0 Å². The molecule has 24 heavy (non-hydrogen) atoms. The Hall–Kier alpha value is -1.97. The third-order valence-electron chi connectivity index (χ3n) is 4.03. The summed E-state index contributed by atoms with van der Waals surface area (Å²) >= 11 is 0. The van der Waals surface area contributed by atoms with Gasteiger partial charge in [-0.05, 0) is 50.5 Å². The summed E-state index contributed by atoms with van der Waals surface area (Å²) in [6, 6.07) is 0. The third kappa shape index (κ3) is 8.04. The molecule has 1 rings (SSSR count). The van der Waals surface area contributed by atoms with E-state index in [1.165, 1.54) is 0 Å². The summed E-state index contributed by atoms with van der Waals surface area (Å²) in [7, 11) is 0. The van der Waals surface area contributed by atoms with E-state index in [-0.39, 0.29) is 18.0 Å². The number of carbonyl (C=O) groups is 1. The maximum absolute atomic E-state index is 11.5. The molecule has 0 aromatic heterocycles. The highest BCUT2D eigenvalue weighted by atomic mass is 16.6. The van der Waals surface area contributed by atoms with Gasteiger partial charge < -0.3 is 9.84 Å². The van der Waals surface area contributed by atoms with E-state index in [0.29, 0.717) is 6.42 Å². The minimum Gasteiger partial charge on any atom is -0.460 e. The lowest BCUT2D eigenvalue weighted by Crippen LogP contribution is -2.24. The molecular formula is C21H28O3. The van der Waals surface area contributed by atoms with E-state index in [9.17, 15) is 9.90 Å².